The van der Waals surface area contributed by atoms with Gasteiger partial charge in [0, 0.05) is 23.2 Å². The van der Waals surface area contributed by atoms with E-state index in [1.165, 1.54) is 28.0 Å². The largest absolute Gasteiger partial charge is 0.378 e. The molecular formula is C44H44N4. The van der Waals surface area contributed by atoms with Gasteiger partial charge in [0.25, 0.3) is 0 Å². The van der Waals surface area contributed by atoms with Gasteiger partial charge in [0.15, 0.2) is 17.5 Å². The van der Waals surface area contributed by atoms with E-state index in [1.807, 2.05) is 0 Å². The Morgan fingerprint density at radius 3 is 2.08 bits per heavy atom. The summed E-state index contributed by atoms with van der Waals surface area (Å²) in [5.41, 5.74) is 10.7. The monoisotopic (exact) mass is 628 g/mol. The summed E-state index contributed by atoms with van der Waals surface area (Å²) < 4.78 is 0. The van der Waals surface area contributed by atoms with Crippen LogP contribution in [0.3, 0.4) is 0 Å². The zero-order valence-electron chi connectivity index (χ0n) is 27.7. The molecule has 0 saturated heterocycles. The van der Waals surface area contributed by atoms with Crippen LogP contribution in [0.1, 0.15) is 98.7 Å². The molecule has 3 aromatic rings. The van der Waals surface area contributed by atoms with E-state index in [2.05, 4.69) is 127 Å². The van der Waals surface area contributed by atoms with Crippen molar-refractivity contribution in [3.8, 4) is 0 Å². The summed E-state index contributed by atoms with van der Waals surface area (Å²) in [5, 5.41) is 4.03. The van der Waals surface area contributed by atoms with E-state index in [0.717, 1.165) is 87.3 Å². The molecule has 48 heavy (non-hydrogen) atoms. The van der Waals surface area contributed by atoms with E-state index in [4.69, 9.17) is 15.0 Å². The Hall–Kier alpha value is -4.83. The van der Waals surface area contributed by atoms with Gasteiger partial charge in [-0.1, -0.05) is 121 Å². The molecule has 4 nitrogen and oxygen atoms in total. The second-order valence-electron chi connectivity index (χ2n) is 13.6. The van der Waals surface area contributed by atoms with Gasteiger partial charge in [0.1, 0.15) is 0 Å². The van der Waals surface area contributed by atoms with Crippen LogP contribution in [0.25, 0.3) is 22.4 Å². The Morgan fingerprint density at radius 1 is 0.646 bits per heavy atom. The van der Waals surface area contributed by atoms with Gasteiger partial charge < -0.3 is 5.32 Å². The van der Waals surface area contributed by atoms with Crippen LogP contribution in [0.5, 0.6) is 0 Å². The second-order valence-corrected chi connectivity index (χ2v) is 13.6. The molecule has 4 heteroatoms. The van der Waals surface area contributed by atoms with Crippen LogP contribution in [0.15, 0.2) is 133 Å². The van der Waals surface area contributed by atoms with E-state index in [1.54, 1.807) is 11.1 Å². The molecule has 3 atom stereocenters. The predicted octanol–water partition coefficient (Wildman–Crippen LogP) is 10.4. The van der Waals surface area contributed by atoms with Crippen LogP contribution in [0.4, 0.5) is 0 Å². The minimum Gasteiger partial charge on any atom is -0.378 e. The molecule has 0 radical (unpaired) electrons. The Morgan fingerprint density at radius 2 is 1.40 bits per heavy atom. The first-order valence-electron chi connectivity index (χ1n) is 17.9. The lowest BCUT2D eigenvalue weighted by Crippen LogP contribution is -2.35. The molecule has 5 aliphatic rings. The molecule has 0 spiro atoms. The van der Waals surface area contributed by atoms with Crippen LogP contribution < -0.4 is 5.32 Å². The SMILES string of the molecule is C1=CCCC(c2nc(C3=CCC(c4ccccc4)C=C3)nc(C3=CCC(C4=C(c5ccccc5)NC(C5=CC=CCC5)CC4)CC3)n2)=C1. The molecule has 8 rings (SSSR count). The number of nitrogens with zero attached hydrogens (tertiary/aromatic N) is 3. The van der Waals surface area contributed by atoms with E-state index in [-0.39, 0.29) is 0 Å². The molecule has 1 aromatic heterocycles. The van der Waals surface area contributed by atoms with Crippen molar-refractivity contribution in [3.63, 3.8) is 0 Å². The molecule has 0 bridgehead atoms. The molecule has 1 N–H and O–H groups in total. The number of aromatic nitrogens is 3. The zero-order chi connectivity index (χ0) is 32.1. The van der Waals surface area contributed by atoms with Gasteiger partial charge in [-0.15, -0.1) is 0 Å². The quantitative estimate of drug-likeness (QED) is 0.283. The summed E-state index contributed by atoms with van der Waals surface area (Å²) >= 11 is 0. The number of nitrogens with one attached hydrogen (secondary N) is 1. The molecule has 2 aromatic carbocycles. The molecule has 240 valence electrons. The van der Waals surface area contributed by atoms with Crippen molar-refractivity contribution in [3.05, 3.63) is 161 Å². The van der Waals surface area contributed by atoms with Crippen molar-refractivity contribution in [1.29, 1.82) is 0 Å². The molecule has 0 amide bonds. The Kier molecular flexibility index (Phi) is 8.97. The number of benzene rings is 2. The third-order valence-corrected chi connectivity index (χ3v) is 10.6. The molecule has 0 fully saturated rings. The summed E-state index contributed by atoms with van der Waals surface area (Å²) in [7, 11) is 0. The number of hydrogen-bond acceptors (Lipinski definition) is 4. The minimum absolute atomic E-state index is 0.385. The van der Waals surface area contributed by atoms with Crippen LogP contribution in [-0.4, -0.2) is 21.0 Å². The number of allylic oxidation sites excluding steroid dienone is 14. The first kappa shape index (κ1) is 30.5. The lowest BCUT2D eigenvalue weighted by atomic mass is 9.77. The Labute approximate surface area is 285 Å². The molecule has 1 aliphatic heterocycles. The summed E-state index contributed by atoms with van der Waals surface area (Å²) in [6, 6.07) is 22.1. The van der Waals surface area contributed by atoms with Crippen molar-refractivity contribution >= 4 is 22.4 Å². The first-order valence-corrected chi connectivity index (χ1v) is 17.9. The molecule has 3 unspecified atom stereocenters. The molecule has 0 saturated carbocycles. The van der Waals surface area contributed by atoms with Gasteiger partial charge in [0.2, 0.25) is 0 Å². The maximum Gasteiger partial charge on any atom is 0.163 e. The van der Waals surface area contributed by atoms with Crippen LogP contribution >= 0.6 is 0 Å². The highest BCUT2D eigenvalue weighted by molar-refractivity contribution is 5.75. The van der Waals surface area contributed by atoms with Crippen LogP contribution in [-0.2, 0) is 0 Å². The first-order chi connectivity index (χ1) is 23.8. The fourth-order valence-electron chi connectivity index (χ4n) is 7.90. The third kappa shape index (κ3) is 6.62. The normalized spacial score (nSPS) is 24.0. The highest BCUT2D eigenvalue weighted by atomic mass is 15.0. The van der Waals surface area contributed by atoms with E-state index in [0.29, 0.717) is 17.9 Å². The van der Waals surface area contributed by atoms with Crippen molar-refractivity contribution in [2.75, 3.05) is 0 Å². The average Bonchev–Trinajstić information content (AvgIpc) is 3.19. The fraction of sp³-hybridized carbons (Fsp3) is 0.295. The summed E-state index contributed by atoms with van der Waals surface area (Å²) in [6.45, 7) is 0. The fourth-order valence-corrected chi connectivity index (χ4v) is 7.90. The zero-order valence-corrected chi connectivity index (χ0v) is 27.7. The van der Waals surface area contributed by atoms with Crippen LogP contribution in [0, 0.1) is 5.92 Å². The summed E-state index contributed by atoms with van der Waals surface area (Å²) in [6.07, 6.45) is 33.3. The maximum atomic E-state index is 5.14. The van der Waals surface area contributed by atoms with Gasteiger partial charge in [0.05, 0.1) is 0 Å². The number of rotatable bonds is 7. The summed E-state index contributed by atoms with van der Waals surface area (Å²) in [5.74, 6) is 3.36. The van der Waals surface area contributed by atoms with Crippen molar-refractivity contribution < 1.29 is 0 Å². The molecule has 4 aliphatic carbocycles. The van der Waals surface area contributed by atoms with Gasteiger partial charge in [-0.3, -0.25) is 0 Å². The highest BCUT2D eigenvalue weighted by Crippen LogP contribution is 2.41. The van der Waals surface area contributed by atoms with Crippen molar-refractivity contribution in [1.82, 2.24) is 20.3 Å². The van der Waals surface area contributed by atoms with Crippen molar-refractivity contribution in [2.45, 2.75) is 76.2 Å². The maximum absolute atomic E-state index is 5.14. The lowest BCUT2D eigenvalue weighted by Gasteiger charge is -2.36. The standard InChI is InChI=1S/C44H44N4/c1-5-13-31(14-6-1)32-21-25-37(26-22-32)43-46-42(36-19-11-4-12-20-36)47-44(48-43)38-27-23-33(24-28-38)39-29-30-40(34-15-7-2-8-16-34)45-41(39)35-17-9-3-10-18-35/h1-7,9-11,13-15,17-19,21,25-27,32-33,40,45H,8,12,16,20,22-24,28-30H2. The van der Waals surface area contributed by atoms with Gasteiger partial charge >= 0.3 is 0 Å². The average molecular weight is 629 g/mol. The molecular weight excluding hydrogens is 585 g/mol. The van der Waals surface area contributed by atoms with E-state index >= 15 is 0 Å². The Balaban J connectivity index is 1.08. The highest BCUT2D eigenvalue weighted by Gasteiger charge is 2.30. The predicted molar refractivity (Wildman–Crippen MR) is 198 cm³/mol. The van der Waals surface area contributed by atoms with Crippen molar-refractivity contribution in [2.24, 2.45) is 5.92 Å². The third-order valence-electron chi connectivity index (χ3n) is 10.6. The van der Waals surface area contributed by atoms with Gasteiger partial charge in [-0.25, -0.2) is 15.0 Å². The topological polar surface area (TPSA) is 50.7 Å². The Bertz CT molecular complexity index is 1900. The number of hydrogen-bond donors (Lipinski definition) is 1. The minimum atomic E-state index is 0.385. The van der Waals surface area contributed by atoms with E-state index < -0.39 is 0 Å². The molecule has 2 heterocycles. The smallest absolute Gasteiger partial charge is 0.163 e. The van der Waals surface area contributed by atoms with E-state index in [9.17, 15) is 0 Å². The van der Waals surface area contributed by atoms with Gasteiger partial charge in [-0.05, 0) is 104 Å². The van der Waals surface area contributed by atoms with Crippen LogP contribution in [0.2, 0.25) is 0 Å². The summed E-state index contributed by atoms with van der Waals surface area (Å²) in [4.78, 5) is 15.3. The second kappa shape index (κ2) is 14.1. The lowest BCUT2D eigenvalue weighted by molar-refractivity contribution is 0.486. The van der Waals surface area contributed by atoms with Gasteiger partial charge in [-0.2, -0.15) is 0 Å².